The summed E-state index contributed by atoms with van der Waals surface area (Å²) < 4.78 is 16.8. The molecule has 0 unspecified atom stereocenters. The SMILES string of the molecule is COc1cc(OC)c2nc(NNC(=O)c3coc4ccccc4c3=O)sc2c1. The Morgan fingerprint density at radius 1 is 1.18 bits per heavy atom. The van der Waals surface area contributed by atoms with E-state index in [0.717, 1.165) is 11.0 Å². The van der Waals surface area contributed by atoms with Crippen molar-refractivity contribution in [3.63, 3.8) is 0 Å². The Bertz CT molecular complexity index is 1250. The zero-order chi connectivity index (χ0) is 19.7. The standard InChI is InChI=1S/C19H15N3O5S/c1-25-10-7-14(26-2)16-15(8-10)28-19(20-16)22-21-18(24)12-9-27-13-6-4-3-5-11(13)17(12)23/h3-9H,1-2H3,(H,20,22)(H,21,24). The number of carbonyl (C=O) groups is 1. The van der Waals surface area contributed by atoms with Crippen LogP contribution in [0.1, 0.15) is 10.4 Å². The molecule has 0 spiro atoms. The molecule has 0 atom stereocenters. The average Bonchev–Trinajstić information content (AvgIpc) is 3.14. The number of para-hydroxylation sites is 1. The van der Waals surface area contributed by atoms with Crippen molar-refractivity contribution < 1.29 is 18.7 Å². The maximum absolute atomic E-state index is 12.5. The fourth-order valence-electron chi connectivity index (χ4n) is 2.71. The third-order valence-corrected chi connectivity index (χ3v) is 5.01. The summed E-state index contributed by atoms with van der Waals surface area (Å²) >= 11 is 1.30. The van der Waals surface area contributed by atoms with Crippen LogP contribution < -0.4 is 25.8 Å². The molecular weight excluding hydrogens is 382 g/mol. The summed E-state index contributed by atoms with van der Waals surface area (Å²) in [5, 5.41) is 0.770. The quantitative estimate of drug-likeness (QED) is 0.499. The molecular formula is C19H15N3O5S. The molecule has 28 heavy (non-hydrogen) atoms. The lowest BCUT2D eigenvalue weighted by molar-refractivity contribution is 0.0960. The van der Waals surface area contributed by atoms with E-state index >= 15 is 0 Å². The van der Waals surface area contributed by atoms with Crippen LogP contribution in [0.3, 0.4) is 0 Å². The number of benzene rings is 2. The van der Waals surface area contributed by atoms with Gasteiger partial charge in [0.15, 0.2) is 0 Å². The van der Waals surface area contributed by atoms with Crippen LogP contribution in [0.5, 0.6) is 11.5 Å². The molecule has 2 aromatic carbocycles. The van der Waals surface area contributed by atoms with E-state index in [1.165, 1.54) is 11.3 Å². The summed E-state index contributed by atoms with van der Waals surface area (Å²) in [6.07, 6.45) is 1.15. The molecule has 0 saturated heterocycles. The second kappa shape index (κ2) is 7.20. The molecule has 1 amide bonds. The Morgan fingerprint density at radius 3 is 2.79 bits per heavy atom. The fraction of sp³-hybridized carbons (Fsp3) is 0.105. The van der Waals surface area contributed by atoms with E-state index < -0.39 is 11.3 Å². The van der Waals surface area contributed by atoms with Crippen LogP contribution in [0.25, 0.3) is 21.2 Å². The first kappa shape index (κ1) is 17.8. The largest absolute Gasteiger partial charge is 0.497 e. The maximum atomic E-state index is 12.5. The van der Waals surface area contributed by atoms with Gasteiger partial charge in [-0.05, 0) is 18.2 Å². The predicted octanol–water partition coefficient (Wildman–Crippen LogP) is 3.18. The molecule has 2 aromatic heterocycles. The van der Waals surface area contributed by atoms with Gasteiger partial charge in [0.1, 0.15) is 34.4 Å². The van der Waals surface area contributed by atoms with E-state index in [1.54, 1.807) is 44.6 Å². The van der Waals surface area contributed by atoms with Crippen LogP contribution in [-0.2, 0) is 0 Å². The van der Waals surface area contributed by atoms with Crippen LogP contribution in [0.15, 0.2) is 51.9 Å². The number of hydrogen-bond donors (Lipinski definition) is 2. The van der Waals surface area contributed by atoms with E-state index in [9.17, 15) is 9.59 Å². The van der Waals surface area contributed by atoms with E-state index in [4.69, 9.17) is 13.9 Å². The summed E-state index contributed by atoms with van der Waals surface area (Å²) in [7, 11) is 3.11. The number of hydrazine groups is 1. The fourth-order valence-corrected chi connectivity index (χ4v) is 3.58. The highest BCUT2D eigenvalue weighted by Crippen LogP contribution is 2.35. The number of amides is 1. The molecule has 142 valence electrons. The van der Waals surface area contributed by atoms with Crippen molar-refractivity contribution >= 4 is 43.6 Å². The minimum Gasteiger partial charge on any atom is -0.497 e. The lowest BCUT2D eigenvalue weighted by atomic mass is 10.2. The van der Waals surface area contributed by atoms with Crippen LogP contribution in [0.2, 0.25) is 0 Å². The van der Waals surface area contributed by atoms with Gasteiger partial charge in [-0.25, -0.2) is 4.98 Å². The monoisotopic (exact) mass is 397 g/mol. The minimum atomic E-state index is -0.622. The van der Waals surface area contributed by atoms with Crippen molar-refractivity contribution in [2.45, 2.75) is 0 Å². The molecule has 2 heterocycles. The molecule has 0 aliphatic heterocycles. The highest BCUT2D eigenvalue weighted by molar-refractivity contribution is 7.22. The van der Waals surface area contributed by atoms with E-state index in [2.05, 4.69) is 15.8 Å². The predicted molar refractivity (Wildman–Crippen MR) is 106 cm³/mol. The van der Waals surface area contributed by atoms with Gasteiger partial charge in [-0.3, -0.25) is 20.4 Å². The Balaban J connectivity index is 1.58. The van der Waals surface area contributed by atoms with Gasteiger partial charge in [-0.1, -0.05) is 23.5 Å². The Morgan fingerprint density at radius 2 is 2.00 bits per heavy atom. The highest BCUT2D eigenvalue weighted by Gasteiger charge is 2.16. The first-order valence-corrected chi connectivity index (χ1v) is 9.02. The van der Waals surface area contributed by atoms with Crippen LogP contribution in [0, 0.1) is 0 Å². The molecule has 2 N–H and O–H groups in total. The van der Waals surface area contributed by atoms with Crippen LogP contribution >= 0.6 is 11.3 Å². The first-order chi connectivity index (χ1) is 13.6. The zero-order valence-corrected chi connectivity index (χ0v) is 15.8. The number of anilines is 1. The number of carbonyl (C=O) groups excluding carboxylic acids is 1. The number of thiazole rings is 1. The number of nitrogens with zero attached hydrogens (tertiary/aromatic N) is 1. The van der Waals surface area contributed by atoms with Gasteiger partial charge >= 0.3 is 0 Å². The molecule has 0 aliphatic carbocycles. The number of methoxy groups -OCH3 is 2. The van der Waals surface area contributed by atoms with Gasteiger partial charge in [-0.2, -0.15) is 0 Å². The van der Waals surface area contributed by atoms with Gasteiger partial charge in [0, 0.05) is 6.07 Å². The summed E-state index contributed by atoms with van der Waals surface area (Å²) in [5.41, 5.74) is 5.75. The number of hydrogen-bond acceptors (Lipinski definition) is 8. The smallest absolute Gasteiger partial charge is 0.276 e. The summed E-state index contributed by atoms with van der Waals surface area (Å²) in [5.74, 6) is 0.570. The molecule has 0 saturated carbocycles. The Kier molecular flexibility index (Phi) is 4.58. The molecule has 0 bridgehead atoms. The highest BCUT2D eigenvalue weighted by atomic mass is 32.1. The number of ether oxygens (including phenoxy) is 2. The topological polar surface area (TPSA) is 103 Å². The third kappa shape index (κ3) is 3.12. The second-order valence-electron chi connectivity index (χ2n) is 5.75. The molecule has 8 nitrogen and oxygen atoms in total. The van der Waals surface area contributed by atoms with Crippen molar-refractivity contribution in [2.24, 2.45) is 0 Å². The zero-order valence-electron chi connectivity index (χ0n) is 14.9. The van der Waals surface area contributed by atoms with Gasteiger partial charge in [-0.15, -0.1) is 0 Å². The van der Waals surface area contributed by atoms with Crippen LogP contribution in [-0.4, -0.2) is 25.1 Å². The van der Waals surface area contributed by atoms with Crippen LogP contribution in [0.4, 0.5) is 5.13 Å². The van der Waals surface area contributed by atoms with Crippen molar-refractivity contribution in [1.82, 2.24) is 10.4 Å². The van der Waals surface area contributed by atoms with Gasteiger partial charge < -0.3 is 13.9 Å². The van der Waals surface area contributed by atoms with E-state index in [-0.39, 0.29) is 5.56 Å². The van der Waals surface area contributed by atoms with Crippen molar-refractivity contribution in [3.05, 3.63) is 58.4 Å². The molecule has 9 heteroatoms. The number of fused-ring (bicyclic) bond motifs is 2. The Labute approximate surface area is 162 Å². The van der Waals surface area contributed by atoms with Crippen molar-refractivity contribution in [1.29, 1.82) is 0 Å². The molecule has 0 aliphatic rings. The van der Waals surface area contributed by atoms with E-state index in [1.807, 2.05) is 6.07 Å². The van der Waals surface area contributed by atoms with E-state index in [0.29, 0.717) is 33.1 Å². The second-order valence-corrected chi connectivity index (χ2v) is 6.78. The molecule has 4 rings (SSSR count). The van der Waals surface area contributed by atoms with Gasteiger partial charge in [0.05, 0.1) is 24.3 Å². The molecule has 0 fully saturated rings. The average molecular weight is 397 g/mol. The lowest BCUT2D eigenvalue weighted by Gasteiger charge is -2.05. The van der Waals surface area contributed by atoms with Crippen molar-refractivity contribution in [3.8, 4) is 11.5 Å². The van der Waals surface area contributed by atoms with Gasteiger partial charge in [0.25, 0.3) is 5.91 Å². The number of aromatic nitrogens is 1. The summed E-state index contributed by atoms with van der Waals surface area (Å²) in [6.45, 7) is 0. The van der Waals surface area contributed by atoms with Gasteiger partial charge in [0.2, 0.25) is 10.6 Å². The molecule has 4 aromatic rings. The summed E-state index contributed by atoms with van der Waals surface area (Å²) in [4.78, 5) is 29.3. The Hall–Kier alpha value is -3.59. The van der Waals surface area contributed by atoms with Crippen molar-refractivity contribution in [2.75, 3.05) is 19.6 Å². The summed E-state index contributed by atoms with van der Waals surface area (Å²) in [6, 6.07) is 10.3. The molecule has 0 radical (unpaired) electrons. The number of nitrogens with one attached hydrogen (secondary N) is 2. The number of rotatable bonds is 5. The minimum absolute atomic E-state index is 0.105. The lowest BCUT2D eigenvalue weighted by Crippen LogP contribution is -2.32. The normalized spacial score (nSPS) is 10.8. The third-order valence-electron chi connectivity index (χ3n) is 4.10. The first-order valence-electron chi connectivity index (χ1n) is 8.20. The maximum Gasteiger partial charge on any atom is 0.276 e.